The first-order valence-electron chi connectivity index (χ1n) is 11.2. The summed E-state index contributed by atoms with van der Waals surface area (Å²) in [5.41, 5.74) is 6.30. The Kier molecular flexibility index (Phi) is 5.61. The maximum atomic E-state index is 13.7. The van der Waals surface area contributed by atoms with E-state index >= 15 is 0 Å². The molecule has 0 saturated heterocycles. The van der Waals surface area contributed by atoms with E-state index in [1.54, 1.807) is 7.11 Å². The standard InChI is InChI=1S/C28H27N3O2/c1-3-20-10-14-23(15-11-20)29-28(32)31-19-22-7-4-5-8-25(22)30-18-6-9-26(30)27(31)21-12-16-24(33-2)17-13-21/h4-18,27H,3,19H2,1-2H3,(H,29,32)/t27-/m1/s1. The number of rotatable bonds is 4. The van der Waals surface area contributed by atoms with Crippen molar-refractivity contribution in [2.45, 2.75) is 25.9 Å². The highest BCUT2D eigenvalue weighted by Crippen LogP contribution is 2.37. The quantitative estimate of drug-likeness (QED) is 0.414. The maximum absolute atomic E-state index is 13.7. The van der Waals surface area contributed by atoms with Gasteiger partial charge in [-0.1, -0.05) is 49.4 Å². The second-order valence-electron chi connectivity index (χ2n) is 8.22. The van der Waals surface area contributed by atoms with Gasteiger partial charge in [0, 0.05) is 17.6 Å². The summed E-state index contributed by atoms with van der Waals surface area (Å²) in [6.45, 7) is 2.62. The van der Waals surface area contributed by atoms with E-state index in [9.17, 15) is 4.79 Å². The molecule has 0 spiro atoms. The van der Waals surface area contributed by atoms with Gasteiger partial charge in [0.1, 0.15) is 5.75 Å². The van der Waals surface area contributed by atoms with Crippen LogP contribution in [0.25, 0.3) is 5.69 Å². The molecule has 0 fully saturated rings. The summed E-state index contributed by atoms with van der Waals surface area (Å²) >= 11 is 0. The number of aromatic nitrogens is 1. The summed E-state index contributed by atoms with van der Waals surface area (Å²) < 4.78 is 7.55. The lowest BCUT2D eigenvalue weighted by Gasteiger charge is -2.31. The number of methoxy groups -OCH3 is 1. The number of aryl methyl sites for hydroxylation is 1. The monoisotopic (exact) mass is 437 g/mol. The van der Waals surface area contributed by atoms with Crippen molar-refractivity contribution in [2.75, 3.05) is 12.4 Å². The number of fused-ring (bicyclic) bond motifs is 3. The number of ether oxygens (including phenoxy) is 1. The first-order chi connectivity index (χ1) is 16.2. The number of carbonyl (C=O) groups is 1. The Bertz CT molecular complexity index is 1260. The zero-order chi connectivity index (χ0) is 22.8. The molecule has 5 heteroatoms. The van der Waals surface area contributed by atoms with Crippen molar-refractivity contribution in [3.8, 4) is 11.4 Å². The highest BCUT2D eigenvalue weighted by atomic mass is 16.5. The Balaban J connectivity index is 1.58. The van der Waals surface area contributed by atoms with Gasteiger partial charge in [-0.25, -0.2) is 4.79 Å². The number of amides is 2. The number of para-hydroxylation sites is 1. The van der Waals surface area contributed by atoms with E-state index in [4.69, 9.17) is 4.74 Å². The van der Waals surface area contributed by atoms with Gasteiger partial charge in [0.05, 0.1) is 25.4 Å². The van der Waals surface area contributed by atoms with Gasteiger partial charge in [-0.3, -0.25) is 0 Å². The van der Waals surface area contributed by atoms with E-state index in [0.29, 0.717) is 6.54 Å². The minimum absolute atomic E-state index is 0.135. The van der Waals surface area contributed by atoms with E-state index in [1.807, 2.05) is 59.5 Å². The van der Waals surface area contributed by atoms with Crippen LogP contribution in [0.2, 0.25) is 0 Å². The zero-order valence-electron chi connectivity index (χ0n) is 18.9. The van der Waals surface area contributed by atoms with Crippen molar-refractivity contribution in [3.63, 3.8) is 0 Å². The molecule has 5 nitrogen and oxygen atoms in total. The Morgan fingerprint density at radius 2 is 1.73 bits per heavy atom. The van der Waals surface area contributed by atoms with E-state index in [2.05, 4.69) is 53.3 Å². The van der Waals surface area contributed by atoms with Crippen LogP contribution in [0.5, 0.6) is 5.75 Å². The maximum Gasteiger partial charge on any atom is 0.322 e. The van der Waals surface area contributed by atoms with Crippen molar-refractivity contribution in [1.29, 1.82) is 0 Å². The second kappa shape index (κ2) is 8.87. The van der Waals surface area contributed by atoms with Crippen LogP contribution < -0.4 is 10.1 Å². The van der Waals surface area contributed by atoms with E-state index < -0.39 is 0 Å². The predicted octanol–water partition coefficient (Wildman–Crippen LogP) is 6.19. The fraction of sp³-hybridized carbons (Fsp3) is 0.179. The van der Waals surface area contributed by atoms with Gasteiger partial charge in [0.2, 0.25) is 0 Å². The predicted molar refractivity (Wildman–Crippen MR) is 131 cm³/mol. The van der Waals surface area contributed by atoms with Crippen LogP contribution in [-0.2, 0) is 13.0 Å². The number of nitrogens with one attached hydrogen (secondary N) is 1. The molecule has 2 heterocycles. The van der Waals surface area contributed by atoms with Crippen molar-refractivity contribution >= 4 is 11.7 Å². The summed E-state index contributed by atoms with van der Waals surface area (Å²) in [5.74, 6) is 0.790. The Hall–Kier alpha value is -3.99. The van der Waals surface area contributed by atoms with Crippen LogP contribution in [-0.4, -0.2) is 22.6 Å². The fourth-order valence-corrected chi connectivity index (χ4v) is 4.50. The van der Waals surface area contributed by atoms with Crippen molar-refractivity contribution in [3.05, 3.63) is 114 Å². The number of anilines is 1. The number of carbonyl (C=O) groups excluding carboxylic acids is 1. The zero-order valence-corrected chi connectivity index (χ0v) is 18.9. The molecule has 33 heavy (non-hydrogen) atoms. The average molecular weight is 438 g/mol. The molecule has 0 aliphatic carbocycles. The normalized spacial score (nSPS) is 14.7. The molecule has 1 N–H and O–H groups in total. The van der Waals surface area contributed by atoms with Gasteiger partial charge in [-0.05, 0) is 65.6 Å². The second-order valence-corrected chi connectivity index (χ2v) is 8.22. The average Bonchev–Trinajstić information content (AvgIpc) is 3.29. The molecule has 1 aliphatic rings. The summed E-state index contributed by atoms with van der Waals surface area (Å²) in [7, 11) is 1.66. The SMILES string of the molecule is CCc1ccc(NC(=O)N2Cc3ccccc3-n3cccc3[C@H]2c2ccc(OC)cc2)cc1. The first-order valence-corrected chi connectivity index (χ1v) is 11.2. The van der Waals surface area contributed by atoms with Crippen LogP contribution in [0.3, 0.4) is 0 Å². The number of hydrogen-bond acceptors (Lipinski definition) is 2. The molecule has 5 rings (SSSR count). The van der Waals surface area contributed by atoms with Crippen LogP contribution >= 0.6 is 0 Å². The Labute approximate surface area is 194 Å². The van der Waals surface area contributed by atoms with E-state index in [0.717, 1.165) is 40.4 Å². The molecule has 1 atom stereocenters. The molecule has 1 aromatic heterocycles. The third-order valence-electron chi connectivity index (χ3n) is 6.27. The van der Waals surface area contributed by atoms with Gasteiger partial charge in [0.15, 0.2) is 0 Å². The molecule has 0 radical (unpaired) electrons. The number of nitrogens with zero attached hydrogens (tertiary/aromatic N) is 2. The van der Waals surface area contributed by atoms with Crippen LogP contribution in [0.4, 0.5) is 10.5 Å². The topological polar surface area (TPSA) is 46.5 Å². The van der Waals surface area contributed by atoms with Crippen LogP contribution in [0.15, 0.2) is 91.1 Å². The summed E-state index contributed by atoms with van der Waals surface area (Å²) in [5, 5.41) is 3.12. The van der Waals surface area contributed by atoms with Gasteiger partial charge in [0.25, 0.3) is 0 Å². The van der Waals surface area contributed by atoms with Crippen molar-refractivity contribution in [1.82, 2.24) is 9.47 Å². The van der Waals surface area contributed by atoms with Gasteiger partial charge >= 0.3 is 6.03 Å². The molecule has 1 aliphatic heterocycles. The van der Waals surface area contributed by atoms with Gasteiger partial charge < -0.3 is 19.5 Å². The van der Waals surface area contributed by atoms with Crippen molar-refractivity contribution in [2.24, 2.45) is 0 Å². The molecule has 0 saturated carbocycles. The fourth-order valence-electron chi connectivity index (χ4n) is 4.50. The van der Waals surface area contributed by atoms with Gasteiger partial charge in [-0.2, -0.15) is 0 Å². The first kappa shape index (κ1) is 20.9. The molecule has 4 aromatic rings. The molecule has 166 valence electrons. The molecular formula is C28H27N3O2. The molecular weight excluding hydrogens is 410 g/mol. The summed E-state index contributed by atoms with van der Waals surface area (Å²) in [6, 6.07) is 28.0. The van der Waals surface area contributed by atoms with Crippen LogP contribution in [0.1, 0.15) is 35.3 Å². The summed E-state index contributed by atoms with van der Waals surface area (Å²) in [4.78, 5) is 15.6. The summed E-state index contributed by atoms with van der Waals surface area (Å²) in [6.07, 6.45) is 3.03. The highest BCUT2D eigenvalue weighted by molar-refractivity contribution is 5.90. The number of hydrogen-bond donors (Lipinski definition) is 1. The van der Waals surface area contributed by atoms with E-state index in [1.165, 1.54) is 5.56 Å². The molecule has 3 aromatic carbocycles. The highest BCUT2D eigenvalue weighted by Gasteiger charge is 2.33. The minimum Gasteiger partial charge on any atom is -0.497 e. The van der Waals surface area contributed by atoms with E-state index in [-0.39, 0.29) is 12.1 Å². The Morgan fingerprint density at radius 1 is 0.970 bits per heavy atom. The largest absolute Gasteiger partial charge is 0.497 e. The Morgan fingerprint density at radius 3 is 2.45 bits per heavy atom. The molecule has 0 bridgehead atoms. The third kappa shape index (κ3) is 3.98. The molecule has 2 amide bonds. The lowest BCUT2D eigenvalue weighted by molar-refractivity contribution is 0.194. The third-order valence-corrected chi connectivity index (χ3v) is 6.27. The van der Waals surface area contributed by atoms with Crippen LogP contribution in [0, 0.1) is 0 Å². The number of urea groups is 1. The lowest BCUT2D eigenvalue weighted by atomic mass is 10.0. The van der Waals surface area contributed by atoms with Gasteiger partial charge in [-0.15, -0.1) is 0 Å². The minimum atomic E-state index is -0.256. The smallest absolute Gasteiger partial charge is 0.322 e. The molecule has 0 unspecified atom stereocenters. The lowest BCUT2D eigenvalue weighted by Crippen LogP contribution is -2.37. The number of benzene rings is 3. The van der Waals surface area contributed by atoms with Crippen molar-refractivity contribution < 1.29 is 9.53 Å².